The van der Waals surface area contributed by atoms with E-state index in [-0.39, 0.29) is 17.9 Å². The van der Waals surface area contributed by atoms with Crippen molar-refractivity contribution in [3.05, 3.63) is 47.3 Å². The Balaban J connectivity index is 1.65. The lowest BCUT2D eigenvalue weighted by Crippen LogP contribution is -2.26. The molecule has 0 unspecified atom stereocenters. The molecule has 1 aliphatic carbocycles. The highest BCUT2D eigenvalue weighted by Crippen LogP contribution is 2.30. The number of hydrogen-bond donors (Lipinski definition) is 2. The summed E-state index contributed by atoms with van der Waals surface area (Å²) in [5.41, 5.74) is 1.58. The lowest BCUT2D eigenvalue weighted by molar-refractivity contribution is -0.117. The molecule has 23 heavy (non-hydrogen) atoms. The molecule has 0 aliphatic heterocycles. The minimum Gasteiger partial charge on any atom is -0.326 e. The molecule has 1 amide bonds. The second-order valence-corrected chi connectivity index (χ2v) is 8.55. The molecule has 1 fully saturated rings. The van der Waals surface area contributed by atoms with E-state index < -0.39 is 10.0 Å². The molecule has 2 aromatic rings. The first-order valence-electron chi connectivity index (χ1n) is 7.42. The average Bonchev–Trinajstić information content (AvgIpc) is 3.21. The molecule has 3 rings (SSSR count). The normalized spacial score (nSPS) is 16.0. The number of benzene rings is 1. The quantitative estimate of drug-likeness (QED) is 0.840. The van der Waals surface area contributed by atoms with Gasteiger partial charge in [0.2, 0.25) is 5.91 Å². The molecule has 0 saturated heterocycles. The molecular formula is C16H18N2O3S2. The van der Waals surface area contributed by atoms with Crippen LogP contribution in [-0.4, -0.2) is 14.3 Å². The summed E-state index contributed by atoms with van der Waals surface area (Å²) in [6, 6.07) is 10.2. The van der Waals surface area contributed by atoms with Crippen molar-refractivity contribution in [3.8, 4) is 0 Å². The fraction of sp³-hybridized carbons (Fsp3) is 0.312. The molecule has 0 spiro atoms. The molecule has 2 N–H and O–H groups in total. The van der Waals surface area contributed by atoms with Crippen LogP contribution < -0.4 is 10.0 Å². The molecule has 1 atom stereocenters. The highest BCUT2D eigenvalue weighted by molar-refractivity contribution is 7.91. The SMILES string of the molecule is C[C@H](NS(=O)(=O)c1cccs1)c1ccc(NC(=O)C2CC2)cc1. The molecule has 1 aromatic heterocycles. The summed E-state index contributed by atoms with van der Waals surface area (Å²) >= 11 is 1.19. The van der Waals surface area contributed by atoms with Gasteiger partial charge in [0, 0.05) is 17.6 Å². The Morgan fingerprint density at radius 1 is 1.22 bits per heavy atom. The van der Waals surface area contributed by atoms with Crippen LogP contribution in [0.15, 0.2) is 46.0 Å². The fourth-order valence-electron chi connectivity index (χ4n) is 2.22. The van der Waals surface area contributed by atoms with E-state index in [9.17, 15) is 13.2 Å². The van der Waals surface area contributed by atoms with Gasteiger partial charge in [-0.1, -0.05) is 18.2 Å². The number of thiophene rings is 1. The number of amides is 1. The van der Waals surface area contributed by atoms with Crippen molar-refractivity contribution in [2.45, 2.75) is 30.0 Å². The Morgan fingerprint density at radius 3 is 2.48 bits per heavy atom. The monoisotopic (exact) mass is 350 g/mol. The van der Waals surface area contributed by atoms with E-state index >= 15 is 0 Å². The third kappa shape index (κ3) is 3.99. The van der Waals surface area contributed by atoms with E-state index in [1.165, 1.54) is 11.3 Å². The van der Waals surface area contributed by atoms with Gasteiger partial charge in [0.1, 0.15) is 4.21 Å². The second-order valence-electron chi connectivity index (χ2n) is 5.66. The third-order valence-corrected chi connectivity index (χ3v) is 6.66. The smallest absolute Gasteiger partial charge is 0.250 e. The molecule has 122 valence electrons. The maximum absolute atomic E-state index is 12.2. The van der Waals surface area contributed by atoms with Crippen molar-refractivity contribution >= 4 is 33.0 Å². The van der Waals surface area contributed by atoms with Crippen LogP contribution in [0, 0.1) is 5.92 Å². The Morgan fingerprint density at radius 2 is 1.91 bits per heavy atom. The van der Waals surface area contributed by atoms with E-state index in [4.69, 9.17) is 0 Å². The van der Waals surface area contributed by atoms with E-state index in [1.807, 2.05) is 12.1 Å². The van der Waals surface area contributed by atoms with Crippen LogP contribution in [0.5, 0.6) is 0 Å². The van der Waals surface area contributed by atoms with Gasteiger partial charge in [0.05, 0.1) is 0 Å². The lowest BCUT2D eigenvalue weighted by atomic mass is 10.1. The van der Waals surface area contributed by atoms with Crippen LogP contribution in [-0.2, 0) is 14.8 Å². The maximum atomic E-state index is 12.2. The summed E-state index contributed by atoms with van der Waals surface area (Å²) in [7, 11) is -3.50. The Kier molecular flexibility index (Phi) is 4.52. The lowest BCUT2D eigenvalue weighted by Gasteiger charge is -2.14. The topological polar surface area (TPSA) is 75.3 Å². The molecule has 0 bridgehead atoms. The van der Waals surface area contributed by atoms with Gasteiger partial charge in [-0.25, -0.2) is 13.1 Å². The van der Waals surface area contributed by atoms with Crippen molar-refractivity contribution in [1.29, 1.82) is 0 Å². The van der Waals surface area contributed by atoms with Gasteiger partial charge >= 0.3 is 0 Å². The standard InChI is InChI=1S/C16H18N2O3S2/c1-11(18-23(20,21)15-3-2-10-22-15)12-6-8-14(9-7-12)17-16(19)13-4-5-13/h2-3,6-11,13,18H,4-5H2,1H3,(H,17,19)/t11-/m0/s1. The van der Waals surface area contributed by atoms with Crippen LogP contribution >= 0.6 is 11.3 Å². The number of carbonyl (C=O) groups is 1. The minimum atomic E-state index is -3.50. The van der Waals surface area contributed by atoms with E-state index in [0.717, 1.165) is 24.1 Å². The zero-order valence-corrected chi connectivity index (χ0v) is 14.3. The average molecular weight is 350 g/mol. The fourth-order valence-corrected chi connectivity index (χ4v) is 4.46. The van der Waals surface area contributed by atoms with Crippen molar-refractivity contribution in [1.82, 2.24) is 4.72 Å². The Bertz CT molecular complexity index is 779. The number of rotatable bonds is 6. The highest BCUT2D eigenvalue weighted by Gasteiger charge is 2.29. The van der Waals surface area contributed by atoms with E-state index in [1.54, 1.807) is 36.6 Å². The Hall–Kier alpha value is -1.70. The van der Waals surface area contributed by atoms with Gasteiger partial charge in [0.25, 0.3) is 10.0 Å². The van der Waals surface area contributed by atoms with Crippen LogP contribution in [0.3, 0.4) is 0 Å². The largest absolute Gasteiger partial charge is 0.326 e. The number of nitrogens with one attached hydrogen (secondary N) is 2. The predicted molar refractivity (Wildman–Crippen MR) is 90.9 cm³/mol. The molecule has 1 heterocycles. The molecule has 0 radical (unpaired) electrons. The summed E-state index contributed by atoms with van der Waals surface area (Å²) in [6.45, 7) is 1.79. The third-order valence-electron chi connectivity index (χ3n) is 3.72. The molecule has 5 nitrogen and oxygen atoms in total. The van der Waals surface area contributed by atoms with Crippen molar-refractivity contribution in [2.75, 3.05) is 5.32 Å². The van der Waals surface area contributed by atoms with Crippen molar-refractivity contribution in [2.24, 2.45) is 5.92 Å². The Labute approximate surface area is 139 Å². The first-order valence-corrected chi connectivity index (χ1v) is 9.78. The predicted octanol–water partition coefficient (Wildman–Crippen LogP) is 3.14. The maximum Gasteiger partial charge on any atom is 0.250 e. The number of carbonyl (C=O) groups excluding carboxylic acids is 1. The van der Waals surface area contributed by atoms with Gasteiger partial charge in [-0.2, -0.15) is 0 Å². The minimum absolute atomic E-state index is 0.0594. The molecular weight excluding hydrogens is 332 g/mol. The first kappa shape index (κ1) is 16.2. The second kappa shape index (κ2) is 6.43. The summed E-state index contributed by atoms with van der Waals surface area (Å²) in [5, 5.41) is 4.60. The molecule has 1 saturated carbocycles. The van der Waals surface area contributed by atoms with Crippen LogP contribution in [0.25, 0.3) is 0 Å². The molecule has 1 aromatic carbocycles. The van der Waals surface area contributed by atoms with Crippen LogP contribution in [0.2, 0.25) is 0 Å². The summed E-state index contributed by atoms with van der Waals surface area (Å²) in [5.74, 6) is 0.218. The summed E-state index contributed by atoms with van der Waals surface area (Å²) in [4.78, 5) is 11.7. The van der Waals surface area contributed by atoms with E-state index in [0.29, 0.717) is 4.21 Å². The van der Waals surface area contributed by atoms with Gasteiger partial charge in [-0.3, -0.25) is 4.79 Å². The van der Waals surface area contributed by atoms with Crippen LogP contribution in [0.1, 0.15) is 31.4 Å². The first-order chi connectivity index (χ1) is 11.0. The van der Waals surface area contributed by atoms with Gasteiger partial charge in [0.15, 0.2) is 0 Å². The number of hydrogen-bond acceptors (Lipinski definition) is 4. The number of anilines is 1. The molecule has 7 heteroatoms. The zero-order valence-electron chi connectivity index (χ0n) is 12.7. The highest BCUT2D eigenvalue weighted by atomic mass is 32.2. The summed E-state index contributed by atoms with van der Waals surface area (Å²) in [6.07, 6.45) is 1.93. The van der Waals surface area contributed by atoms with Gasteiger partial charge in [-0.15, -0.1) is 11.3 Å². The molecule has 1 aliphatic rings. The number of sulfonamides is 1. The summed E-state index contributed by atoms with van der Waals surface area (Å²) < 4.78 is 27.4. The van der Waals surface area contributed by atoms with Gasteiger partial charge in [-0.05, 0) is 48.9 Å². The van der Waals surface area contributed by atoms with Crippen molar-refractivity contribution in [3.63, 3.8) is 0 Å². The van der Waals surface area contributed by atoms with Gasteiger partial charge < -0.3 is 5.32 Å². The van der Waals surface area contributed by atoms with Crippen LogP contribution in [0.4, 0.5) is 5.69 Å². The van der Waals surface area contributed by atoms with Crippen molar-refractivity contribution < 1.29 is 13.2 Å². The van der Waals surface area contributed by atoms with E-state index in [2.05, 4.69) is 10.0 Å². The zero-order chi connectivity index (χ0) is 16.4.